The maximum Gasteiger partial charge on any atom is 0.303 e. The highest BCUT2D eigenvalue weighted by Gasteiger charge is 2.10. The Balaban J connectivity index is 2.85. The van der Waals surface area contributed by atoms with Gasteiger partial charge in [-0.25, -0.2) is 0 Å². The van der Waals surface area contributed by atoms with Gasteiger partial charge in [-0.2, -0.15) is 0 Å². The van der Waals surface area contributed by atoms with Crippen LogP contribution in [0.5, 0.6) is 5.75 Å². The van der Waals surface area contributed by atoms with Crippen molar-refractivity contribution in [2.45, 2.75) is 26.2 Å². The number of hydrogen-bond acceptors (Lipinski definition) is 2. The molecule has 1 aromatic carbocycles. The van der Waals surface area contributed by atoms with E-state index in [-0.39, 0.29) is 18.1 Å². The first-order valence-electron chi connectivity index (χ1n) is 4.52. The maximum absolute atomic E-state index is 10.5. The number of carbonyl (C=O) groups is 1. The van der Waals surface area contributed by atoms with Crippen LogP contribution in [0.25, 0.3) is 0 Å². The summed E-state index contributed by atoms with van der Waals surface area (Å²) in [6, 6.07) is 5.18. The topological polar surface area (TPSA) is 57.5 Å². The van der Waals surface area contributed by atoms with E-state index in [2.05, 4.69) is 0 Å². The second kappa shape index (κ2) is 4.13. The summed E-state index contributed by atoms with van der Waals surface area (Å²) in [5.74, 6) is -0.577. The number of hydrogen-bond donors (Lipinski definition) is 2. The van der Waals surface area contributed by atoms with Gasteiger partial charge in [-0.15, -0.1) is 0 Å². The molecule has 0 aliphatic carbocycles. The molecule has 1 atom stereocenters. The zero-order valence-corrected chi connectivity index (χ0v) is 8.32. The van der Waals surface area contributed by atoms with Gasteiger partial charge in [0.05, 0.1) is 6.42 Å². The van der Waals surface area contributed by atoms with Gasteiger partial charge in [-0.05, 0) is 30.0 Å². The van der Waals surface area contributed by atoms with E-state index in [0.29, 0.717) is 0 Å². The van der Waals surface area contributed by atoms with E-state index in [1.165, 1.54) is 0 Å². The minimum atomic E-state index is -0.803. The molecule has 3 nitrogen and oxygen atoms in total. The van der Waals surface area contributed by atoms with Gasteiger partial charge < -0.3 is 10.2 Å². The average Bonchev–Trinajstić information content (AvgIpc) is 2.08. The zero-order valence-electron chi connectivity index (χ0n) is 8.32. The second-order valence-corrected chi connectivity index (χ2v) is 3.54. The van der Waals surface area contributed by atoms with Gasteiger partial charge in [0.25, 0.3) is 0 Å². The molecular formula is C11H14O3. The number of rotatable bonds is 3. The molecule has 0 aliphatic rings. The van der Waals surface area contributed by atoms with Crippen LogP contribution >= 0.6 is 0 Å². The van der Waals surface area contributed by atoms with Crippen molar-refractivity contribution in [3.8, 4) is 5.75 Å². The van der Waals surface area contributed by atoms with Crippen molar-refractivity contribution in [2.24, 2.45) is 0 Å². The fraction of sp³-hybridized carbons (Fsp3) is 0.364. The molecule has 0 saturated heterocycles. The van der Waals surface area contributed by atoms with Crippen molar-refractivity contribution in [1.82, 2.24) is 0 Å². The number of carboxylic acids is 1. The Labute approximate surface area is 83.0 Å². The third kappa shape index (κ3) is 2.49. The molecule has 0 radical (unpaired) electrons. The summed E-state index contributed by atoms with van der Waals surface area (Å²) >= 11 is 0. The van der Waals surface area contributed by atoms with Crippen LogP contribution in [0.4, 0.5) is 0 Å². The van der Waals surface area contributed by atoms with Gasteiger partial charge >= 0.3 is 5.97 Å². The van der Waals surface area contributed by atoms with Crippen LogP contribution in [0, 0.1) is 6.92 Å². The van der Waals surface area contributed by atoms with Crippen LogP contribution in [0.3, 0.4) is 0 Å². The number of aliphatic carboxylic acids is 1. The lowest BCUT2D eigenvalue weighted by atomic mass is 9.96. The molecule has 0 saturated carbocycles. The van der Waals surface area contributed by atoms with Crippen molar-refractivity contribution in [3.63, 3.8) is 0 Å². The zero-order chi connectivity index (χ0) is 10.7. The molecular weight excluding hydrogens is 180 g/mol. The van der Waals surface area contributed by atoms with Crippen molar-refractivity contribution in [1.29, 1.82) is 0 Å². The lowest BCUT2D eigenvalue weighted by Crippen LogP contribution is -2.02. The summed E-state index contributed by atoms with van der Waals surface area (Å²) < 4.78 is 0. The van der Waals surface area contributed by atoms with E-state index in [0.717, 1.165) is 11.1 Å². The first kappa shape index (κ1) is 10.6. The predicted octanol–water partition coefficient (Wildman–Crippen LogP) is 2.28. The number of aromatic hydroxyl groups is 1. The lowest BCUT2D eigenvalue weighted by Gasteiger charge is -2.10. The number of phenolic OH excluding ortho intramolecular Hbond substituents is 1. The van der Waals surface area contributed by atoms with Crippen LogP contribution in [0.1, 0.15) is 30.4 Å². The Bertz CT molecular complexity index is 344. The van der Waals surface area contributed by atoms with Crippen molar-refractivity contribution < 1.29 is 15.0 Å². The summed E-state index contributed by atoms with van der Waals surface area (Å²) in [5.41, 5.74) is 1.72. The van der Waals surface area contributed by atoms with Crippen molar-refractivity contribution in [2.75, 3.05) is 0 Å². The molecule has 0 fully saturated rings. The molecule has 0 spiro atoms. The smallest absolute Gasteiger partial charge is 0.303 e. The Morgan fingerprint density at radius 2 is 2.14 bits per heavy atom. The molecule has 1 rings (SSSR count). The molecule has 2 N–H and O–H groups in total. The van der Waals surface area contributed by atoms with Crippen LogP contribution in [0.15, 0.2) is 18.2 Å². The molecule has 0 bridgehead atoms. The number of carboxylic acid groups (broad SMARTS) is 1. The van der Waals surface area contributed by atoms with E-state index in [4.69, 9.17) is 5.11 Å². The third-order valence-electron chi connectivity index (χ3n) is 2.27. The van der Waals surface area contributed by atoms with Gasteiger partial charge in [0.15, 0.2) is 0 Å². The van der Waals surface area contributed by atoms with Crippen LogP contribution in [-0.2, 0) is 4.79 Å². The quantitative estimate of drug-likeness (QED) is 0.776. The van der Waals surface area contributed by atoms with Gasteiger partial charge in [-0.1, -0.05) is 19.1 Å². The average molecular weight is 194 g/mol. The SMILES string of the molecule is Cc1cc(C(C)CC(=O)O)ccc1O. The molecule has 0 aromatic heterocycles. The van der Waals surface area contributed by atoms with E-state index in [9.17, 15) is 9.90 Å². The highest BCUT2D eigenvalue weighted by molar-refractivity contribution is 5.68. The predicted molar refractivity (Wildman–Crippen MR) is 53.5 cm³/mol. The fourth-order valence-corrected chi connectivity index (χ4v) is 1.36. The molecule has 0 aliphatic heterocycles. The van der Waals surface area contributed by atoms with Gasteiger partial charge in [-0.3, -0.25) is 4.79 Å². The Hall–Kier alpha value is -1.51. The van der Waals surface area contributed by atoms with Gasteiger partial charge in [0.1, 0.15) is 5.75 Å². The Kier molecular flexibility index (Phi) is 3.12. The third-order valence-corrected chi connectivity index (χ3v) is 2.27. The normalized spacial score (nSPS) is 12.4. The molecule has 3 heteroatoms. The van der Waals surface area contributed by atoms with Crippen LogP contribution in [-0.4, -0.2) is 16.2 Å². The van der Waals surface area contributed by atoms with E-state index in [1.807, 2.05) is 13.0 Å². The first-order valence-corrected chi connectivity index (χ1v) is 4.52. The number of aryl methyl sites for hydroxylation is 1. The molecule has 0 amide bonds. The monoisotopic (exact) mass is 194 g/mol. The van der Waals surface area contributed by atoms with E-state index in [1.54, 1.807) is 19.1 Å². The summed E-state index contributed by atoms with van der Waals surface area (Å²) in [7, 11) is 0. The molecule has 76 valence electrons. The highest BCUT2D eigenvalue weighted by Crippen LogP contribution is 2.24. The van der Waals surface area contributed by atoms with Gasteiger partial charge in [0, 0.05) is 0 Å². The Morgan fingerprint density at radius 1 is 1.50 bits per heavy atom. The maximum atomic E-state index is 10.5. The Morgan fingerprint density at radius 3 is 2.64 bits per heavy atom. The van der Waals surface area contributed by atoms with E-state index < -0.39 is 5.97 Å². The van der Waals surface area contributed by atoms with Crippen LogP contribution < -0.4 is 0 Å². The standard InChI is InChI=1S/C11H14O3/c1-7(6-11(13)14)9-3-4-10(12)8(2)5-9/h3-5,7,12H,6H2,1-2H3,(H,13,14). The van der Waals surface area contributed by atoms with Gasteiger partial charge in [0.2, 0.25) is 0 Å². The van der Waals surface area contributed by atoms with Crippen LogP contribution in [0.2, 0.25) is 0 Å². The highest BCUT2D eigenvalue weighted by atomic mass is 16.4. The fourth-order valence-electron chi connectivity index (χ4n) is 1.36. The van der Waals surface area contributed by atoms with Crippen molar-refractivity contribution in [3.05, 3.63) is 29.3 Å². The summed E-state index contributed by atoms with van der Waals surface area (Å²) in [4.78, 5) is 10.5. The first-order chi connectivity index (χ1) is 6.50. The largest absolute Gasteiger partial charge is 0.508 e. The minimum Gasteiger partial charge on any atom is -0.508 e. The molecule has 1 aromatic rings. The van der Waals surface area contributed by atoms with E-state index >= 15 is 0 Å². The second-order valence-electron chi connectivity index (χ2n) is 3.54. The molecule has 0 heterocycles. The molecule has 14 heavy (non-hydrogen) atoms. The van der Waals surface area contributed by atoms with Crippen molar-refractivity contribution >= 4 is 5.97 Å². The number of phenols is 1. The number of benzene rings is 1. The molecule has 1 unspecified atom stereocenters. The summed E-state index contributed by atoms with van der Waals surface area (Å²) in [5, 5.41) is 17.9. The minimum absolute atomic E-state index is 0.0215. The summed E-state index contributed by atoms with van der Waals surface area (Å²) in [6.45, 7) is 3.66. The lowest BCUT2D eigenvalue weighted by molar-refractivity contribution is -0.137. The summed E-state index contributed by atoms with van der Waals surface area (Å²) in [6.07, 6.45) is 0.115.